The zero-order chi connectivity index (χ0) is 15.1. The number of hydrogen-bond acceptors (Lipinski definition) is 4. The molecule has 2 rings (SSSR count). The summed E-state index contributed by atoms with van der Waals surface area (Å²) in [6.07, 6.45) is 1.53. The molecule has 0 radical (unpaired) electrons. The number of thiocarbonyl (C=S) groups is 1. The fraction of sp³-hybridized carbons (Fsp3) is 0.0667. The highest BCUT2D eigenvalue weighted by Crippen LogP contribution is 2.28. The van der Waals surface area contributed by atoms with Gasteiger partial charge >= 0.3 is 0 Å². The van der Waals surface area contributed by atoms with Crippen LogP contribution >= 0.6 is 12.2 Å². The second kappa shape index (κ2) is 7.25. The van der Waals surface area contributed by atoms with E-state index >= 15 is 0 Å². The number of nitrogens with zero attached hydrogens (tertiary/aromatic N) is 1. The fourth-order valence-electron chi connectivity index (χ4n) is 1.71. The zero-order valence-corrected chi connectivity index (χ0v) is 12.2. The SMILES string of the molecule is COc1c(O)cccc1/C=N/NC(=S)Nc1ccccc1. The van der Waals surface area contributed by atoms with E-state index in [0.29, 0.717) is 16.4 Å². The van der Waals surface area contributed by atoms with E-state index < -0.39 is 0 Å². The first-order valence-corrected chi connectivity index (χ1v) is 6.62. The van der Waals surface area contributed by atoms with Gasteiger partial charge in [-0.2, -0.15) is 5.10 Å². The van der Waals surface area contributed by atoms with Crippen molar-refractivity contribution in [1.29, 1.82) is 0 Å². The first kappa shape index (κ1) is 14.8. The van der Waals surface area contributed by atoms with Crippen LogP contribution in [0.25, 0.3) is 0 Å². The van der Waals surface area contributed by atoms with Gasteiger partial charge in [0.1, 0.15) is 0 Å². The van der Waals surface area contributed by atoms with Crippen molar-refractivity contribution in [3.63, 3.8) is 0 Å². The van der Waals surface area contributed by atoms with Crippen molar-refractivity contribution >= 4 is 29.2 Å². The number of hydrazone groups is 1. The first-order valence-electron chi connectivity index (χ1n) is 6.22. The van der Waals surface area contributed by atoms with Crippen molar-refractivity contribution in [3.8, 4) is 11.5 Å². The van der Waals surface area contributed by atoms with E-state index in [1.54, 1.807) is 18.2 Å². The lowest BCUT2D eigenvalue weighted by atomic mass is 10.2. The molecule has 0 amide bonds. The molecule has 0 spiro atoms. The summed E-state index contributed by atoms with van der Waals surface area (Å²) in [4.78, 5) is 0. The van der Waals surface area contributed by atoms with E-state index in [2.05, 4.69) is 15.8 Å². The van der Waals surface area contributed by atoms with Gasteiger partial charge in [0.2, 0.25) is 0 Å². The van der Waals surface area contributed by atoms with Crippen LogP contribution in [0.1, 0.15) is 5.56 Å². The number of methoxy groups -OCH3 is 1. The second-order valence-corrected chi connectivity index (χ2v) is 4.50. The second-order valence-electron chi connectivity index (χ2n) is 4.09. The van der Waals surface area contributed by atoms with Gasteiger partial charge in [0.25, 0.3) is 0 Å². The molecule has 3 N–H and O–H groups in total. The Labute approximate surface area is 128 Å². The van der Waals surface area contributed by atoms with Gasteiger partial charge in [0, 0.05) is 11.3 Å². The summed E-state index contributed by atoms with van der Waals surface area (Å²) < 4.78 is 5.11. The average molecular weight is 301 g/mol. The van der Waals surface area contributed by atoms with Crippen molar-refractivity contribution in [2.75, 3.05) is 12.4 Å². The summed E-state index contributed by atoms with van der Waals surface area (Å²) >= 11 is 5.12. The number of aromatic hydroxyl groups is 1. The Balaban J connectivity index is 1.96. The minimum absolute atomic E-state index is 0.0615. The van der Waals surface area contributed by atoms with Crippen LogP contribution in [0.3, 0.4) is 0 Å². The molecular weight excluding hydrogens is 286 g/mol. The van der Waals surface area contributed by atoms with Crippen LogP contribution in [-0.4, -0.2) is 23.5 Å². The molecule has 0 fully saturated rings. The van der Waals surface area contributed by atoms with Crippen LogP contribution < -0.4 is 15.5 Å². The molecule has 2 aromatic carbocycles. The minimum atomic E-state index is 0.0615. The molecule has 6 heteroatoms. The van der Waals surface area contributed by atoms with Gasteiger partial charge in [0.15, 0.2) is 16.6 Å². The highest BCUT2D eigenvalue weighted by molar-refractivity contribution is 7.80. The molecule has 0 saturated carbocycles. The molecule has 0 bridgehead atoms. The Kier molecular flexibility index (Phi) is 5.11. The summed E-state index contributed by atoms with van der Waals surface area (Å²) in [7, 11) is 1.49. The number of benzene rings is 2. The number of para-hydroxylation sites is 2. The summed E-state index contributed by atoms with van der Waals surface area (Å²) in [6.45, 7) is 0. The largest absolute Gasteiger partial charge is 0.504 e. The average Bonchev–Trinajstić information content (AvgIpc) is 2.48. The Hall–Kier alpha value is -2.60. The molecule has 0 saturated heterocycles. The quantitative estimate of drug-likeness (QED) is 0.460. The number of rotatable bonds is 4. The van der Waals surface area contributed by atoms with E-state index in [1.807, 2.05) is 30.3 Å². The van der Waals surface area contributed by atoms with E-state index in [4.69, 9.17) is 17.0 Å². The van der Waals surface area contributed by atoms with Crippen LogP contribution in [0.2, 0.25) is 0 Å². The molecular formula is C15H15N3O2S. The van der Waals surface area contributed by atoms with Crippen molar-refractivity contribution in [2.24, 2.45) is 5.10 Å². The maximum Gasteiger partial charge on any atom is 0.191 e. The number of ether oxygens (including phenoxy) is 1. The molecule has 0 aliphatic carbocycles. The van der Waals surface area contributed by atoms with Gasteiger partial charge in [-0.3, -0.25) is 5.43 Å². The molecule has 0 aliphatic heterocycles. The summed E-state index contributed by atoms with van der Waals surface area (Å²) in [5.74, 6) is 0.427. The third kappa shape index (κ3) is 4.19. The van der Waals surface area contributed by atoms with Gasteiger partial charge in [-0.25, -0.2) is 0 Å². The van der Waals surface area contributed by atoms with Crippen LogP contribution in [-0.2, 0) is 0 Å². The van der Waals surface area contributed by atoms with Gasteiger partial charge in [-0.1, -0.05) is 24.3 Å². The molecule has 21 heavy (non-hydrogen) atoms. The maximum absolute atomic E-state index is 9.65. The highest BCUT2D eigenvalue weighted by atomic mass is 32.1. The molecule has 0 heterocycles. The van der Waals surface area contributed by atoms with Crippen LogP contribution in [0.4, 0.5) is 5.69 Å². The van der Waals surface area contributed by atoms with E-state index in [9.17, 15) is 5.11 Å². The Bertz CT molecular complexity index is 645. The van der Waals surface area contributed by atoms with Crippen molar-refractivity contribution in [2.45, 2.75) is 0 Å². The normalized spacial score (nSPS) is 10.3. The van der Waals surface area contributed by atoms with Crippen molar-refractivity contribution in [3.05, 3.63) is 54.1 Å². The van der Waals surface area contributed by atoms with Crippen molar-refractivity contribution in [1.82, 2.24) is 5.43 Å². The smallest absolute Gasteiger partial charge is 0.191 e. The number of phenols is 1. The van der Waals surface area contributed by atoms with Crippen LogP contribution in [0.15, 0.2) is 53.6 Å². The lowest BCUT2D eigenvalue weighted by molar-refractivity contribution is 0.373. The van der Waals surface area contributed by atoms with Gasteiger partial charge in [-0.15, -0.1) is 0 Å². The van der Waals surface area contributed by atoms with Gasteiger partial charge < -0.3 is 15.2 Å². The fourth-order valence-corrected chi connectivity index (χ4v) is 1.88. The predicted molar refractivity (Wildman–Crippen MR) is 88.1 cm³/mol. The lowest BCUT2D eigenvalue weighted by Gasteiger charge is -2.07. The molecule has 0 aromatic heterocycles. The Morgan fingerprint density at radius 3 is 2.67 bits per heavy atom. The first-order chi connectivity index (χ1) is 10.2. The van der Waals surface area contributed by atoms with Crippen LogP contribution in [0.5, 0.6) is 11.5 Å². The predicted octanol–water partition coefficient (Wildman–Crippen LogP) is 2.72. The molecule has 108 valence electrons. The van der Waals surface area contributed by atoms with Crippen LogP contribution in [0, 0.1) is 0 Å². The summed E-state index contributed by atoms with van der Waals surface area (Å²) in [6, 6.07) is 14.6. The highest BCUT2D eigenvalue weighted by Gasteiger charge is 2.05. The lowest BCUT2D eigenvalue weighted by Crippen LogP contribution is -2.23. The third-order valence-electron chi connectivity index (χ3n) is 2.63. The number of hydrogen-bond donors (Lipinski definition) is 3. The van der Waals surface area contributed by atoms with E-state index in [1.165, 1.54) is 13.3 Å². The van der Waals surface area contributed by atoms with Gasteiger partial charge in [-0.05, 0) is 36.5 Å². The van der Waals surface area contributed by atoms with Crippen molar-refractivity contribution < 1.29 is 9.84 Å². The van der Waals surface area contributed by atoms with E-state index in [0.717, 1.165) is 5.69 Å². The molecule has 5 nitrogen and oxygen atoms in total. The Morgan fingerprint density at radius 2 is 1.95 bits per heavy atom. The number of anilines is 1. The minimum Gasteiger partial charge on any atom is -0.504 e. The third-order valence-corrected chi connectivity index (χ3v) is 2.82. The zero-order valence-electron chi connectivity index (χ0n) is 11.4. The van der Waals surface area contributed by atoms with E-state index in [-0.39, 0.29) is 5.75 Å². The summed E-state index contributed by atoms with van der Waals surface area (Å²) in [5, 5.41) is 17.0. The molecule has 0 unspecified atom stereocenters. The number of phenolic OH excluding ortho intramolecular Hbond substituents is 1. The summed E-state index contributed by atoms with van der Waals surface area (Å²) in [5.41, 5.74) is 4.22. The topological polar surface area (TPSA) is 65.9 Å². The molecule has 2 aromatic rings. The Morgan fingerprint density at radius 1 is 1.19 bits per heavy atom. The molecule has 0 atom stereocenters. The maximum atomic E-state index is 9.65. The standard InChI is InChI=1S/C15H15N3O2S/c1-20-14-11(6-5-9-13(14)19)10-16-18-15(21)17-12-7-3-2-4-8-12/h2-10,19H,1H3,(H2,17,18,21)/b16-10+. The van der Waals surface area contributed by atoms with Gasteiger partial charge in [0.05, 0.1) is 13.3 Å². The monoisotopic (exact) mass is 301 g/mol. The molecule has 0 aliphatic rings. The number of nitrogens with one attached hydrogen (secondary N) is 2.